The van der Waals surface area contributed by atoms with Crippen LogP contribution >= 0.6 is 0 Å². The highest BCUT2D eigenvalue weighted by atomic mass is 32.2. The lowest BCUT2D eigenvalue weighted by Gasteiger charge is -2.19. The van der Waals surface area contributed by atoms with Crippen LogP contribution in [-0.2, 0) is 20.5 Å². The van der Waals surface area contributed by atoms with Crippen LogP contribution in [0.25, 0.3) is 0 Å². The van der Waals surface area contributed by atoms with E-state index < -0.39 is 10.0 Å². The van der Waals surface area contributed by atoms with E-state index in [-0.39, 0.29) is 5.75 Å². The molecule has 1 aromatic rings. The van der Waals surface area contributed by atoms with Gasteiger partial charge in [0, 0.05) is 25.4 Å². The summed E-state index contributed by atoms with van der Waals surface area (Å²) in [6.45, 7) is 2.09. The average molecular weight is 270 g/mol. The van der Waals surface area contributed by atoms with Gasteiger partial charge in [-0.25, -0.2) is 8.42 Å². The van der Waals surface area contributed by atoms with Crippen molar-refractivity contribution in [2.75, 3.05) is 32.0 Å². The van der Waals surface area contributed by atoms with E-state index in [9.17, 15) is 8.42 Å². The highest BCUT2D eigenvalue weighted by Crippen LogP contribution is 2.14. The minimum absolute atomic E-state index is 0.0211. The van der Waals surface area contributed by atoms with Crippen LogP contribution in [-0.4, -0.2) is 39.0 Å². The predicted octanol–water partition coefficient (Wildman–Crippen LogP) is 0.821. The van der Waals surface area contributed by atoms with Crippen LogP contribution in [0, 0.1) is 0 Å². The quantitative estimate of drug-likeness (QED) is 0.825. The highest BCUT2D eigenvalue weighted by molar-refractivity contribution is 7.88. The normalized spacial score (nSPS) is 18.4. The number of nitrogens with zero attached hydrogens (tertiary/aromatic N) is 1. The fourth-order valence-corrected chi connectivity index (χ4v) is 3.47. The van der Waals surface area contributed by atoms with E-state index in [1.807, 2.05) is 0 Å². The number of nitrogens with two attached hydrogens (primary N) is 1. The van der Waals surface area contributed by atoms with Gasteiger partial charge in [-0.2, -0.15) is 4.31 Å². The Morgan fingerprint density at radius 3 is 2.61 bits per heavy atom. The maximum Gasteiger partial charge on any atom is 0.218 e. The molecule has 2 rings (SSSR count). The van der Waals surface area contributed by atoms with Crippen LogP contribution < -0.4 is 5.73 Å². The van der Waals surface area contributed by atoms with Crippen molar-refractivity contribution >= 4 is 15.7 Å². The van der Waals surface area contributed by atoms with Gasteiger partial charge in [-0.15, -0.1) is 0 Å². The third-order valence-corrected chi connectivity index (χ3v) is 4.75. The molecule has 1 aromatic carbocycles. The second kappa shape index (κ2) is 5.69. The van der Waals surface area contributed by atoms with Crippen LogP contribution in [0.4, 0.5) is 5.69 Å². The Labute approximate surface area is 108 Å². The van der Waals surface area contributed by atoms with E-state index in [0.717, 1.165) is 12.0 Å². The summed E-state index contributed by atoms with van der Waals surface area (Å²) in [5.74, 6) is 0.0211. The molecule has 2 N–H and O–H groups in total. The molecule has 1 fully saturated rings. The van der Waals surface area contributed by atoms with Crippen molar-refractivity contribution in [1.82, 2.24) is 4.31 Å². The van der Waals surface area contributed by atoms with E-state index in [2.05, 4.69) is 0 Å². The number of hydrogen-bond acceptors (Lipinski definition) is 4. The monoisotopic (exact) mass is 270 g/mol. The van der Waals surface area contributed by atoms with Crippen LogP contribution in [0.2, 0.25) is 0 Å². The van der Waals surface area contributed by atoms with Gasteiger partial charge >= 0.3 is 0 Å². The van der Waals surface area contributed by atoms with E-state index >= 15 is 0 Å². The fourth-order valence-electron chi connectivity index (χ4n) is 1.92. The van der Waals surface area contributed by atoms with Gasteiger partial charge < -0.3 is 10.5 Å². The molecular weight excluding hydrogens is 252 g/mol. The molecule has 1 saturated heterocycles. The first-order valence-electron chi connectivity index (χ1n) is 5.98. The van der Waals surface area contributed by atoms with Crippen LogP contribution in [0.1, 0.15) is 12.0 Å². The number of benzene rings is 1. The first kappa shape index (κ1) is 13.3. The molecule has 0 aromatic heterocycles. The number of ether oxygens (including phenoxy) is 1. The molecule has 1 heterocycles. The molecule has 0 unspecified atom stereocenters. The van der Waals surface area contributed by atoms with Crippen molar-refractivity contribution < 1.29 is 13.2 Å². The first-order chi connectivity index (χ1) is 8.58. The minimum atomic E-state index is -3.26. The summed E-state index contributed by atoms with van der Waals surface area (Å²) in [5.41, 5.74) is 6.97. The SMILES string of the molecule is Nc1ccc(CS(=O)(=O)N2CCCOCC2)cc1. The molecule has 1 aliphatic heterocycles. The average Bonchev–Trinajstić information content (AvgIpc) is 2.61. The summed E-state index contributed by atoms with van der Waals surface area (Å²) < 4.78 is 31.2. The lowest BCUT2D eigenvalue weighted by atomic mass is 10.2. The van der Waals surface area contributed by atoms with Crippen LogP contribution in [0.3, 0.4) is 0 Å². The largest absolute Gasteiger partial charge is 0.399 e. The lowest BCUT2D eigenvalue weighted by Crippen LogP contribution is -2.34. The number of anilines is 1. The van der Waals surface area contributed by atoms with Crippen molar-refractivity contribution in [3.8, 4) is 0 Å². The van der Waals surface area contributed by atoms with Gasteiger partial charge in [0.05, 0.1) is 12.4 Å². The molecule has 100 valence electrons. The summed E-state index contributed by atoms with van der Waals surface area (Å²) in [6.07, 6.45) is 0.751. The molecule has 0 atom stereocenters. The van der Waals surface area contributed by atoms with Crippen LogP contribution in [0.5, 0.6) is 0 Å². The molecule has 0 radical (unpaired) electrons. The van der Waals surface area contributed by atoms with Gasteiger partial charge in [-0.05, 0) is 24.1 Å². The maximum absolute atomic E-state index is 12.2. The Bertz CT molecular complexity index is 477. The van der Waals surface area contributed by atoms with E-state index in [0.29, 0.717) is 32.0 Å². The van der Waals surface area contributed by atoms with E-state index in [1.165, 1.54) is 4.31 Å². The molecule has 0 saturated carbocycles. The highest BCUT2D eigenvalue weighted by Gasteiger charge is 2.23. The number of rotatable bonds is 3. The van der Waals surface area contributed by atoms with E-state index in [4.69, 9.17) is 10.5 Å². The summed E-state index contributed by atoms with van der Waals surface area (Å²) in [5, 5.41) is 0. The molecule has 1 aliphatic rings. The molecule has 0 aliphatic carbocycles. The molecule has 6 heteroatoms. The summed E-state index contributed by atoms with van der Waals surface area (Å²) in [6, 6.07) is 6.94. The van der Waals surface area contributed by atoms with Crippen molar-refractivity contribution in [2.45, 2.75) is 12.2 Å². The van der Waals surface area contributed by atoms with Gasteiger partial charge in [0.2, 0.25) is 10.0 Å². The zero-order valence-electron chi connectivity index (χ0n) is 10.2. The Balaban J connectivity index is 2.08. The fraction of sp³-hybridized carbons (Fsp3) is 0.500. The molecule has 18 heavy (non-hydrogen) atoms. The van der Waals surface area contributed by atoms with Gasteiger partial charge in [-0.3, -0.25) is 0 Å². The third-order valence-electron chi connectivity index (χ3n) is 2.90. The van der Waals surface area contributed by atoms with Crippen LogP contribution in [0.15, 0.2) is 24.3 Å². The third kappa shape index (κ3) is 3.44. The minimum Gasteiger partial charge on any atom is -0.399 e. The zero-order valence-corrected chi connectivity index (χ0v) is 11.0. The summed E-state index contributed by atoms with van der Waals surface area (Å²) in [4.78, 5) is 0. The number of sulfonamides is 1. The van der Waals surface area contributed by atoms with E-state index in [1.54, 1.807) is 24.3 Å². The topological polar surface area (TPSA) is 72.6 Å². The Kier molecular flexibility index (Phi) is 4.21. The zero-order chi connectivity index (χ0) is 13.0. The van der Waals surface area contributed by atoms with Gasteiger partial charge in [-0.1, -0.05) is 12.1 Å². The number of nitrogen functional groups attached to an aromatic ring is 1. The van der Waals surface area contributed by atoms with Crippen molar-refractivity contribution in [3.63, 3.8) is 0 Å². The van der Waals surface area contributed by atoms with Gasteiger partial charge in [0.15, 0.2) is 0 Å². The van der Waals surface area contributed by atoms with Crippen molar-refractivity contribution in [1.29, 1.82) is 0 Å². The molecular formula is C12H18N2O3S. The van der Waals surface area contributed by atoms with Crippen molar-refractivity contribution in [2.24, 2.45) is 0 Å². The van der Waals surface area contributed by atoms with Crippen molar-refractivity contribution in [3.05, 3.63) is 29.8 Å². The molecule has 0 bridgehead atoms. The van der Waals surface area contributed by atoms with Gasteiger partial charge in [0.1, 0.15) is 0 Å². The summed E-state index contributed by atoms with van der Waals surface area (Å²) >= 11 is 0. The predicted molar refractivity (Wildman–Crippen MR) is 70.5 cm³/mol. The maximum atomic E-state index is 12.2. The standard InChI is InChI=1S/C12H18N2O3S/c13-12-4-2-11(3-5-12)10-18(15,16)14-6-1-8-17-9-7-14/h2-5H,1,6-10,13H2. The molecule has 5 nitrogen and oxygen atoms in total. The summed E-state index contributed by atoms with van der Waals surface area (Å²) in [7, 11) is -3.26. The number of hydrogen-bond donors (Lipinski definition) is 1. The Hall–Kier alpha value is -1.11. The molecule has 0 amide bonds. The first-order valence-corrected chi connectivity index (χ1v) is 7.59. The smallest absolute Gasteiger partial charge is 0.218 e. The lowest BCUT2D eigenvalue weighted by molar-refractivity contribution is 0.148. The Morgan fingerprint density at radius 2 is 1.89 bits per heavy atom. The second-order valence-electron chi connectivity index (χ2n) is 4.36. The second-order valence-corrected chi connectivity index (χ2v) is 6.33. The Morgan fingerprint density at radius 1 is 1.17 bits per heavy atom. The van der Waals surface area contributed by atoms with Gasteiger partial charge in [0.25, 0.3) is 0 Å². The molecule has 0 spiro atoms.